The molecule has 60 valence electrons. The van der Waals surface area contributed by atoms with E-state index in [9.17, 15) is 4.79 Å². The van der Waals surface area contributed by atoms with Gasteiger partial charge in [-0.3, -0.25) is 4.79 Å². The van der Waals surface area contributed by atoms with E-state index in [-0.39, 0.29) is 5.78 Å². The Morgan fingerprint density at radius 1 is 1.73 bits per heavy atom. The number of Topliss-reactive ketones (excluding diaryl/α,β-unsaturated/α-hetero) is 1. The summed E-state index contributed by atoms with van der Waals surface area (Å²) in [6.07, 6.45) is 5.80. The van der Waals surface area contributed by atoms with Crippen LogP contribution in [0.3, 0.4) is 0 Å². The number of hydrogen-bond acceptors (Lipinski definition) is 2. The van der Waals surface area contributed by atoms with Gasteiger partial charge in [-0.25, -0.2) is 0 Å². The molecule has 0 saturated heterocycles. The Morgan fingerprint density at radius 2 is 2.45 bits per heavy atom. The number of rotatable bonds is 2. The van der Waals surface area contributed by atoms with Gasteiger partial charge < -0.3 is 4.90 Å². The maximum Gasteiger partial charge on any atom is 0.159 e. The maximum atomic E-state index is 10.9. The van der Waals surface area contributed by atoms with Gasteiger partial charge in [0.25, 0.3) is 0 Å². The van der Waals surface area contributed by atoms with E-state index in [1.165, 1.54) is 0 Å². The van der Waals surface area contributed by atoms with Crippen LogP contribution in [0.4, 0.5) is 0 Å². The summed E-state index contributed by atoms with van der Waals surface area (Å²) in [7, 11) is 0. The van der Waals surface area contributed by atoms with Gasteiger partial charge in [0.05, 0.1) is 0 Å². The molecule has 1 aliphatic heterocycles. The molecule has 1 heterocycles. The summed E-state index contributed by atoms with van der Waals surface area (Å²) in [6, 6.07) is 0. The Bertz CT molecular complexity index is 216. The molecule has 0 aliphatic carbocycles. The topological polar surface area (TPSA) is 20.3 Å². The molecule has 0 spiro atoms. The van der Waals surface area contributed by atoms with Crippen LogP contribution in [0.15, 0.2) is 23.9 Å². The monoisotopic (exact) mass is 151 g/mol. The summed E-state index contributed by atoms with van der Waals surface area (Å²) in [5.74, 6) is 0.150. The fraction of sp³-hybridized carbons (Fsp3) is 0.444. The first kappa shape index (κ1) is 8.05. The highest BCUT2D eigenvalue weighted by Gasteiger charge is 2.04. The van der Waals surface area contributed by atoms with E-state index >= 15 is 0 Å². The van der Waals surface area contributed by atoms with Gasteiger partial charge in [-0.2, -0.15) is 0 Å². The van der Waals surface area contributed by atoms with Crippen molar-refractivity contribution in [2.75, 3.05) is 13.1 Å². The normalized spacial score (nSPS) is 16.5. The maximum absolute atomic E-state index is 10.9. The molecular formula is C9H13NO. The second kappa shape index (κ2) is 3.37. The minimum atomic E-state index is 0.150. The lowest BCUT2D eigenvalue weighted by Gasteiger charge is -2.19. The largest absolute Gasteiger partial charge is 0.374 e. The molecule has 11 heavy (non-hydrogen) atoms. The molecule has 0 unspecified atom stereocenters. The van der Waals surface area contributed by atoms with Gasteiger partial charge in [-0.1, -0.05) is 6.08 Å². The van der Waals surface area contributed by atoms with Crippen LogP contribution in [-0.4, -0.2) is 23.8 Å². The first-order chi connectivity index (χ1) is 5.24. The van der Waals surface area contributed by atoms with E-state index in [0.717, 1.165) is 18.7 Å². The molecule has 0 saturated carbocycles. The molecule has 0 bridgehead atoms. The number of likely N-dealkylation sites (N-methyl/N-ethyl adjacent to an activating group) is 1. The van der Waals surface area contributed by atoms with Crippen molar-refractivity contribution in [1.82, 2.24) is 4.90 Å². The Hall–Kier alpha value is -1.05. The van der Waals surface area contributed by atoms with Crippen molar-refractivity contribution in [2.24, 2.45) is 0 Å². The van der Waals surface area contributed by atoms with Crippen molar-refractivity contribution in [3.8, 4) is 0 Å². The molecule has 0 aromatic rings. The average molecular weight is 151 g/mol. The Labute approximate surface area is 67.2 Å². The quantitative estimate of drug-likeness (QED) is 0.593. The zero-order valence-corrected chi connectivity index (χ0v) is 7.00. The van der Waals surface area contributed by atoms with Crippen molar-refractivity contribution < 1.29 is 4.79 Å². The van der Waals surface area contributed by atoms with Crippen LogP contribution in [-0.2, 0) is 4.79 Å². The second-order valence-electron chi connectivity index (χ2n) is 2.62. The van der Waals surface area contributed by atoms with Gasteiger partial charge >= 0.3 is 0 Å². The summed E-state index contributed by atoms with van der Waals surface area (Å²) < 4.78 is 0. The fourth-order valence-corrected chi connectivity index (χ4v) is 1.03. The van der Waals surface area contributed by atoms with Crippen molar-refractivity contribution in [1.29, 1.82) is 0 Å². The second-order valence-corrected chi connectivity index (χ2v) is 2.62. The highest BCUT2D eigenvalue weighted by molar-refractivity contribution is 5.96. The van der Waals surface area contributed by atoms with Crippen LogP contribution < -0.4 is 0 Å². The summed E-state index contributed by atoms with van der Waals surface area (Å²) in [4.78, 5) is 13.0. The van der Waals surface area contributed by atoms with Crippen molar-refractivity contribution >= 4 is 5.78 Å². The predicted molar refractivity (Wildman–Crippen MR) is 45.2 cm³/mol. The number of allylic oxidation sites excluding steroid dienone is 2. The van der Waals surface area contributed by atoms with Crippen LogP contribution in [0, 0.1) is 0 Å². The van der Waals surface area contributed by atoms with Crippen LogP contribution in [0.2, 0.25) is 0 Å². The standard InChI is InChI=1S/C9H13NO/c1-3-10-6-4-9(5-7-10)8(2)11/h4-6H,3,7H2,1-2H3. The van der Waals surface area contributed by atoms with Crippen molar-refractivity contribution in [2.45, 2.75) is 13.8 Å². The lowest BCUT2D eigenvalue weighted by molar-refractivity contribution is -0.113. The highest BCUT2D eigenvalue weighted by atomic mass is 16.1. The fourth-order valence-electron chi connectivity index (χ4n) is 1.03. The summed E-state index contributed by atoms with van der Waals surface area (Å²) >= 11 is 0. The number of carbonyl (C=O) groups excluding carboxylic acids is 1. The van der Waals surface area contributed by atoms with E-state index in [4.69, 9.17) is 0 Å². The van der Waals surface area contributed by atoms with Gasteiger partial charge in [0.15, 0.2) is 5.78 Å². The van der Waals surface area contributed by atoms with Crippen LogP contribution in [0.25, 0.3) is 0 Å². The molecule has 0 amide bonds. The molecule has 1 rings (SSSR count). The van der Waals surface area contributed by atoms with Crippen LogP contribution >= 0.6 is 0 Å². The molecule has 0 aromatic heterocycles. The molecule has 2 heteroatoms. The lowest BCUT2D eigenvalue weighted by atomic mass is 10.1. The van der Waals surface area contributed by atoms with Crippen LogP contribution in [0.1, 0.15) is 13.8 Å². The Kier molecular flexibility index (Phi) is 2.47. The van der Waals surface area contributed by atoms with E-state index in [2.05, 4.69) is 11.8 Å². The van der Waals surface area contributed by atoms with Gasteiger partial charge in [0, 0.05) is 24.9 Å². The van der Waals surface area contributed by atoms with Crippen LogP contribution in [0.5, 0.6) is 0 Å². The minimum absolute atomic E-state index is 0.150. The van der Waals surface area contributed by atoms with Crippen molar-refractivity contribution in [3.05, 3.63) is 23.9 Å². The third-order valence-corrected chi connectivity index (χ3v) is 1.82. The first-order valence-corrected chi connectivity index (χ1v) is 3.87. The number of hydrogen-bond donors (Lipinski definition) is 0. The number of ketones is 1. The smallest absolute Gasteiger partial charge is 0.159 e. The van der Waals surface area contributed by atoms with Crippen molar-refractivity contribution in [3.63, 3.8) is 0 Å². The third-order valence-electron chi connectivity index (χ3n) is 1.82. The predicted octanol–water partition coefficient (Wildman–Crippen LogP) is 1.35. The zero-order chi connectivity index (χ0) is 8.27. The lowest BCUT2D eigenvalue weighted by Crippen LogP contribution is -2.20. The Balaban J connectivity index is 2.60. The SMILES string of the molecule is CCN1C=CC(C(C)=O)=CC1. The molecule has 2 nitrogen and oxygen atoms in total. The molecule has 0 radical (unpaired) electrons. The summed E-state index contributed by atoms with van der Waals surface area (Å²) in [6.45, 7) is 5.55. The van der Waals surface area contributed by atoms with Gasteiger partial charge in [-0.05, 0) is 19.9 Å². The zero-order valence-electron chi connectivity index (χ0n) is 7.00. The number of nitrogens with zero attached hydrogens (tertiary/aromatic N) is 1. The highest BCUT2D eigenvalue weighted by Crippen LogP contribution is 2.06. The van der Waals surface area contributed by atoms with E-state index in [0.29, 0.717) is 0 Å². The molecule has 0 fully saturated rings. The third kappa shape index (κ3) is 1.93. The van der Waals surface area contributed by atoms with Gasteiger partial charge in [0.1, 0.15) is 0 Å². The molecule has 0 N–H and O–H groups in total. The minimum Gasteiger partial charge on any atom is -0.374 e. The average Bonchev–Trinajstić information content (AvgIpc) is 2.05. The summed E-state index contributed by atoms with van der Waals surface area (Å²) in [5.41, 5.74) is 0.828. The molecule has 0 atom stereocenters. The molecular weight excluding hydrogens is 138 g/mol. The van der Waals surface area contributed by atoms with E-state index in [1.54, 1.807) is 6.92 Å². The summed E-state index contributed by atoms with van der Waals surface area (Å²) in [5, 5.41) is 0. The first-order valence-electron chi connectivity index (χ1n) is 3.87. The van der Waals surface area contributed by atoms with E-state index in [1.807, 2.05) is 18.4 Å². The Morgan fingerprint density at radius 3 is 2.82 bits per heavy atom. The van der Waals surface area contributed by atoms with Gasteiger partial charge in [-0.15, -0.1) is 0 Å². The number of carbonyl (C=O) groups is 1. The molecule has 1 aliphatic rings. The van der Waals surface area contributed by atoms with Gasteiger partial charge in [0.2, 0.25) is 0 Å². The molecule has 0 aromatic carbocycles. The van der Waals surface area contributed by atoms with E-state index < -0.39 is 0 Å².